The van der Waals surface area contributed by atoms with Crippen LogP contribution < -0.4 is 4.90 Å². The summed E-state index contributed by atoms with van der Waals surface area (Å²) in [6, 6.07) is 3.68. The first-order valence-electron chi connectivity index (χ1n) is 9.38. The van der Waals surface area contributed by atoms with Crippen LogP contribution in [0, 0.1) is 11.6 Å². The highest BCUT2D eigenvalue weighted by atomic mass is 35.5. The lowest BCUT2D eigenvalue weighted by atomic mass is 10.0. The van der Waals surface area contributed by atoms with Gasteiger partial charge in [0.15, 0.2) is 16.8 Å². The molecule has 0 bridgehead atoms. The lowest BCUT2D eigenvalue weighted by Gasteiger charge is -2.38. The number of hydrogen-bond donors (Lipinski definition) is 0. The molecule has 160 valence electrons. The summed E-state index contributed by atoms with van der Waals surface area (Å²) in [6.45, 7) is 3.31. The molecule has 0 amide bonds. The second-order valence-corrected chi connectivity index (χ2v) is 11.1. The first kappa shape index (κ1) is 21.4. The molecular formula is C20H20ClF2N3O2S2. The summed E-state index contributed by atoms with van der Waals surface area (Å²) in [7, 11) is -3.60. The van der Waals surface area contributed by atoms with Gasteiger partial charge in [-0.15, -0.1) is 22.9 Å². The van der Waals surface area contributed by atoms with Gasteiger partial charge in [0.1, 0.15) is 5.25 Å². The number of halogens is 3. The molecule has 1 aromatic heterocycles. The van der Waals surface area contributed by atoms with Crippen molar-refractivity contribution in [2.45, 2.75) is 17.0 Å². The Balaban J connectivity index is 1.45. The van der Waals surface area contributed by atoms with Gasteiger partial charge in [0.2, 0.25) is 10.0 Å². The highest BCUT2D eigenvalue weighted by molar-refractivity contribution is 7.90. The zero-order valence-electron chi connectivity index (χ0n) is 16.1. The van der Waals surface area contributed by atoms with Gasteiger partial charge in [-0.1, -0.05) is 24.3 Å². The number of allylic oxidation sites excluding steroid dienone is 3. The molecule has 30 heavy (non-hydrogen) atoms. The Kier molecular flexibility index (Phi) is 5.73. The van der Waals surface area contributed by atoms with Crippen LogP contribution in [-0.2, 0) is 10.0 Å². The number of piperazine rings is 1. The highest BCUT2D eigenvalue weighted by Gasteiger charge is 2.43. The van der Waals surface area contributed by atoms with Crippen LogP contribution in [0.2, 0.25) is 0 Å². The van der Waals surface area contributed by atoms with Crippen LogP contribution >= 0.6 is 22.9 Å². The SMILES string of the molecule is CC1(Cl)C=CC=CC1S(=O)(=O)N1CCN(c2nc(-c3ccc(F)c(F)c3)cs2)CC1. The van der Waals surface area contributed by atoms with Crippen LogP contribution in [0.15, 0.2) is 47.9 Å². The van der Waals surface area contributed by atoms with Crippen LogP contribution in [-0.4, -0.2) is 54.0 Å². The van der Waals surface area contributed by atoms with Gasteiger partial charge in [-0.2, -0.15) is 4.31 Å². The number of thiazole rings is 1. The lowest BCUT2D eigenvalue weighted by molar-refractivity contribution is 0.379. The zero-order chi connectivity index (χ0) is 21.5. The first-order chi connectivity index (χ1) is 14.2. The van der Waals surface area contributed by atoms with Crippen LogP contribution in [0.1, 0.15) is 6.92 Å². The standard InChI is InChI=1S/C20H20ClF2N3O2S2/c1-20(21)7-3-2-4-18(20)30(27,28)26-10-8-25(9-11-26)19-24-17(13-29-19)14-5-6-15(22)16(23)12-14/h2-7,12-13,18H,8-11H2,1H3. The Morgan fingerprint density at radius 1 is 1.17 bits per heavy atom. The van der Waals surface area contributed by atoms with Crippen molar-refractivity contribution in [1.29, 1.82) is 0 Å². The van der Waals surface area contributed by atoms with Gasteiger partial charge < -0.3 is 4.90 Å². The van der Waals surface area contributed by atoms with E-state index >= 15 is 0 Å². The van der Waals surface area contributed by atoms with E-state index in [2.05, 4.69) is 4.98 Å². The van der Waals surface area contributed by atoms with Crippen molar-refractivity contribution in [1.82, 2.24) is 9.29 Å². The van der Waals surface area contributed by atoms with E-state index in [0.717, 1.165) is 17.3 Å². The number of anilines is 1. The smallest absolute Gasteiger partial charge is 0.222 e. The van der Waals surface area contributed by atoms with E-state index in [1.165, 1.54) is 21.7 Å². The summed E-state index contributed by atoms with van der Waals surface area (Å²) >= 11 is 7.82. The van der Waals surface area contributed by atoms with Gasteiger partial charge in [-0.05, 0) is 25.1 Å². The van der Waals surface area contributed by atoms with Crippen molar-refractivity contribution in [3.05, 3.63) is 59.5 Å². The quantitative estimate of drug-likeness (QED) is 0.632. The van der Waals surface area contributed by atoms with E-state index in [-0.39, 0.29) is 0 Å². The Bertz CT molecular complexity index is 1110. The minimum absolute atomic E-state index is 0.323. The molecule has 2 atom stereocenters. The van der Waals surface area contributed by atoms with Gasteiger partial charge >= 0.3 is 0 Å². The van der Waals surface area contributed by atoms with Crippen molar-refractivity contribution >= 4 is 38.1 Å². The monoisotopic (exact) mass is 471 g/mol. The van der Waals surface area contributed by atoms with Crippen LogP contribution in [0.5, 0.6) is 0 Å². The molecule has 0 saturated carbocycles. The number of aromatic nitrogens is 1. The van der Waals surface area contributed by atoms with Crippen molar-refractivity contribution < 1.29 is 17.2 Å². The van der Waals surface area contributed by atoms with E-state index in [1.54, 1.807) is 36.6 Å². The molecule has 2 heterocycles. The van der Waals surface area contributed by atoms with Crippen molar-refractivity contribution in [3.8, 4) is 11.3 Å². The summed E-state index contributed by atoms with van der Waals surface area (Å²) < 4.78 is 54.3. The topological polar surface area (TPSA) is 53.5 Å². The molecule has 2 unspecified atom stereocenters. The van der Waals surface area contributed by atoms with Crippen molar-refractivity contribution in [2.24, 2.45) is 0 Å². The summed E-state index contributed by atoms with van der Waals surface area (Å²) in [6.07, 6.45) is 6.79. The number of hydrogen-bond acceptors (Lipinski definition) is 5. The third kappa shape index (κ3) is 4.03. The average Bonchev–Trinajstić information content (AvgIpc) is 3.20. The van der Waals surface area contributed by atoms with E-state index in [9.17, 15) is 17.2 Å². The van der Waals surface area contributed by atoms with E-state index < -0.39 is 31.8 Å². The summed E-state index contributed by atoms with van der Waals surface area (Å²) in [5, 5.41) is 1.68. The maximum atomic E-state index is 13.5. The fraction of sp³-hybridized carbons (Fsp3) is 0.350. The molecule has 2 aromatic rings. The van der Waals surface area contributed by atoms with Gasteiger partial charge in [-0.3, -0.25) is 0 Å². The Morgan fingerprint density at radius 2 is 1.90 bits per heavy atom. The second kappa shape index (κ2) is 8.03. The average molecular weight is 472 g/mol. The fourth-order valence-corrected chi connectivity index (χ4v) is 6.89. The van der Waals surface area contributed by atoms with Gasteiger partial charge in [0.25, 0.3) is 0 Å². The third-order valence-electron chi connectivity index (χ3n) is 5.27. The highest BCUT2D eigenvalue weighted by Crippen LogP contribution is 2.34. The molecule has 1 aromatic carbocycles. The molecule has 1 fully saturated rings. The predicted octanol–water partition coefficient (Wildman–Crippen LogP) is 4.03. The van der Waals surface area contributed by atoms with Gasteiger partial charge in [0.05, 0.1) is 10.6 Å². The molecule has 10 heteroatoms. The van der Waals surface area contributed by atoms with Gasteiger partial charge in [-0.25, -0.2) is 22.2 Å². The van der Waals surface area contributed by atoms with Crippen LogP contribution in [0.4, 0.5) is 13.9 Å². The third-order valence-corrected chi connectivity index (χ3v) is 9.04. The maximum Gasteiger partial charge on any atom is 0.222 e. The van der Waals surface area contributed by atoms with Crippen molar-refractivity contribution in [2.75, 3.05) is 31.1 Å². The van der Waals surface area contributed by atoms with Crippen LogP contribution in [0.3, 0.4) is 0 Å². The van der Waals surface area contributed by atoms with E-state index in [1.807, 2.05) is 4.90 Å². The van der Waals surface area contributed by atoms with E-state index in [4.69, 9.17) is 11.6 Å². The minimum atomic E-state index is -3.60. The van der Waals surface area contributed by atoms with Crippen molar-refractivity contribution in [3.63, 3.8) is 0 Å². The maximum absolute atomic E-state index is 13.5. The second-order valence-electron chi connectivity index (χ2n) is 7.39. The number of alkyl halides is 1. The van der Waals surface area contributed by atoms with E-state index in [0.29, 0.717) is 37.4 Å². The largest absolute Gasteiger partial charge is 0.345 e. The summed E-state index contributed by atoms with van der Waals surface area (Å²) in [4.78, 5) is 5.53. The first-order valence-corrected chi connectivity index (χ1v) is 12.1. The molecular weight excluding hydrogens is 452 g/mol. The molecule has 1 saturated heterocycles. The molecule has 1 aliphatic carbocycles. The zero-order valence-corrected chi connectivity index (χ0v) is 18.5. The Labute approximate surface area is 183 Å². The Hall–Kier alpha value is -1.81. The number of nitrogens with zero attached hydrogens (tertiary/aromatic N) is 3. The molecule has 5 nitrogen and oxygen atoms in total. The Morgan fingerprint density at radius 3 is 2.57 bits per heavy atom. The summed E-state index contributed by atoms with van der Waals surface area (Å²) in [5.41, 5.74) is 1.05. The number of rotatable bonds is 4. The van der Waals surface area contributed by atoms with Gasteiger partial charge in [0, 0.05) is 37.1 Å². The minimum Gasteiger partial charge on any atom is -0.345 e. The lowest BCUT2D eigenvalue weighted by Crippen LogP contribution is -2.54. The molecule has 0 radical (unpaired) electrons. The molecule has 0 spiro atoms. The number of sulfonamides is 1. The van der Waals surface area contributed by atoms with Crippen LogP contribution in [0.25, 0.3) is 11.3 Å². The number of benzene rings is 1. The molecule has 1 aliphatic heterocycles. The normalized spacial score (nSPS) is 25.1. The summed E-state index contributed by atoms with van der Waals surface area (Å²) in [5.74, 6) is -1.82. The fourth-order valence-electron chi connectivity index (χ4n) is 3.57. The molecule has 2 aliphatic rings. The predicted molar refractivity (Wildman–Crippen MR) is 116 cm³/mol. The molecule has 0 N–H and O–H groups in total. The molecule has 4 rings (SSSR count).